The predicted octanol–water partition coefficient (Wildman–Crippen LogP) is 1.13. The van der Waals surface area contributed by atoms with Gasteiger partial charge in [-0.3, -0.25) is 0 Å². The van der Waals surface area contributed by atoms with E-state index < -0.39 is 15.8 Å². The molecule has 0 fully saturated rings. The van der Waals surface area contributed by atoms with E-state index in [4.69, 9.17) is 0 Å². The average molecular weight is 218 g/mol. The van der Waals surface area contributed by atoms with Gasteiger partial charge in [-0.15, -0.1) is 0 Å². The third kappa shape index (κ3) is 2.29. The van der Waals surface area contributed by atoms with Crippen LogP contribution in [0.15, 0.2) is 29.2 Å². The summed E-state index contributed by atoms with van der Waals surface area (Å²) >= 11 is 0. The van der Waals surface area contributed by atoms with Gasteiger partial charge in [-0.2, -0.15) is 0 Å². The summed E-state index contributed by atoms with van der Waals surface area (Å²) in [5.74, 6) is -1.21. The van der Waals surface area contributed by atoms with Crippen LogP contribution in [0.3, 0.4) is 0 Å². The Morgan fingerprint density at radius 2 is 2.07 bits per heavy atom. The van der Waals surface area contributed by atoms with Crippen molar-refractivity contribution in [2.75, 3.05) is 6.26 Å². The van der Waals surface area contributed by atoms with Crippen molar-refractivity contribution < 1.29 is 22.7 Å². The second-order valence-electron chi connectivity index (χ2n) is 2.66. The molecule has 0 aliphatic rings. The van der Waals surface area contributed by atoms with Gasteiger partial charge in [0.05, 0.1) is 10.5 Å². The summed E-state index contributed by atoms with van der Waals surface area (Å²) in [5.41, 5.74) is -0.143. The Morgan fingerprint density at radius 1 is 1.43 bits per heavy atom. The Kier molecular flexibility index (Phi) is 2.85. The zero-order valence-electron chi connectivity index (χ0n) is 7.23. The van der Waals surface area contributed by atoms with E-state index in [-0.39, 0.29) is 10.5 Å². The number of hydrogen-bond acceptors (Lipinski definition) is 4. The van der Waals surface area contributed by atoms with E-state index >= 15 is 0 Å². The number of sulfone groups is 1. The minimum atomic E-state index is -3.40. The van der Waals surface area contributed by atoms with Crippen LogP contribution >= 0.6 is 0 Å². The number of carbonyl (C=O) groups excluding carboxylic acids is 1. The van der Waals surface area contributed by atoms with Gasteiger partial charge in [0.25, 0.3) is 0 Å². The van der Waals surface area contributed by atoms with Crippen LogP contribution in [0.1, 0.15) is 10.4 Å². The first-order chi connectivity index (χ1) is 6.45. The number of hydrogen-bond donors (Lipinski definition) is 0. The van der Waals surface area contributed by atoms with Gasteiger partial charge < -0.3 is 0 Å². The first-order valence-corrected chi connectivity index (χ1v) is 5.47. The molecule has 0 saturated carbocycles. The first kappa shape index (κ1) is 10.6. The summed E-state index contributed by atoms with van der Waals surface area (Å²) in [6.07, 6.45) is 0.993. The van der Waals surface area contributed by atoms with E-state index in [9.17, 15) is 17.7 Å². The van der Waals surface area contributed by atoms with Gasteiger partial charge in [0.2, 0.25) is 0 Å². The maximum absolute atomic E-state index is 11.5. The zero-order chi connectivity index (χ0) is 10.8. The highest BCUT2D eigenvalue weighted by molar-refractivity contribution is 7.90. The van der Waals surface area contributed by atoms with Gasteiger partial charge in [-0.05, 0) is 18.2 Å². The second-order valence-corrected chi connectivity index (χ2v) is 4.68. The fourth-order valence-electron chi connectivity index (χ4n) is 0.898. The lowest BCUT2D eigenvalue weighted by Gasteiger charge is -1.99. The molecule has 0 atom stereocenters. The Bertz CT molecular complexity index is 452. The fourth-order valence-corrected chi connectivity index (χ4v) is 1.57. The minimum absolute atomic E-state index is 0.0552. The van der Waals surface area contributed by atoms with Gasteiger partial charge >= 0.3 is 5.97 Å². The Hall–Kier alpha value is -1.43. The van der Waals surface area contributed by atoms with E-state index in [2.05, 4.69) is 4.94 Å². The molecule has 0 aromatic heterocycles. The van der Waals surface area contributed by atoms with Gasteiger partial charge in [0.15, 0.2) is 9.84 Å². The molecule has 0 bridgehead atoms. The summed E-state index contributed by atoms with van der Waals surface area (Å²) in [6, 6.07) is 4.96. The van der Waals surface area contributed by atoms with E-state index in [1.807, 2.05) is 0 Å². The third-order valence-corrected chi connectivity index (χ3v) is 2.68. The van der Waals surface area contributed by atoms with Crippen LogP contribution in [0.2, 0.25) is 0 Å². The van der Waals surface area contributed by atoms with Crippen molar-refractivity contribution >= 4 is 15.8 Å². The molecule has 0 heterocycles. The lowest BCUT2D eigenvalue weighted by atomic mass is 10.2. The van der Waals surface area contributed by atoms with Gasteiger partial charge in [0.1, 0.15) is 0 Å². The predicted molar refractivity (Wildman–Crippen MR) is 46.1 cm³/mol. The second kappa shape index (κ2) is 3.75. The molecule has 0 saturated heterocycles. The monoisotopic (exact) mass is 218 g/mol. The summed E-state index contributed by atoms with van der Waals surface area (Å²) in [4.78, 5) is 13.6. The quantitative estimate of drug-likeness (QED) is 0.746. The Labute approximate surface area is 80.1 Å². The van der Waals surface area contributed by atoms with Crippen LogP contribution in [0, 0.1) is 0 Å². The lowest BCUT2D eigenvalue weighted by molar-refractivity contribution is -0.0788. The van der Waals surface area contributed by atoms with Crippen molar-refractivity contribution in [3.63, 3.8) is 0 Å². The van der Waals surface area contributed by atoms with E-state index in [0.717, 1.165) is 12.3 Å². The normalized spacial score (nSPS) is 11.0. The minimum Gasteiger partial charge on any atom is -0.249 e. The van der Waals surface area contributed by atoms with Gasteiger partial charge in [-0.25, -0.2) is 18.2 Å². The highest BCUT2D eigenvalue weighted by Gasteiger charge is 2.12. The molecular weight excluding hydrogens is 211 g/mol. The molecule has 0 radical (unpaired) electrons. The fraction of sp³-hybridized carbons (Fsp3) is 0.125. The molecule has 6 heteroatoms. The molecule has 1 aromatic carbocycles. The summed E-state index contributed by atoms with van der Waals surface area (Å²) in [7, 11) is -3.40. The first-order valence-electron chi connectivity index (χ1n) is 3.58. The highest BCUT2D eigenvalue weighted by atomic mass is 32.2. The van der Waals surface area contributed by atoms with Crippen molar-refractivity contribution in [1.82, 2.24) is 0 Å². The maximum Gasteiger partial charge on any atom is 0.379 e. The number of benzene rings is 1. The van der Waals surface area contributed by atoms with Gasteiger partial charge in [0, 0.05) is 10.8 Å². The van der Waals surface area contributed by atoms with Crippen LogP contribution in [-0.2, 0) is 14.8 Å². The van der Waals surface area contributed by atoms with Crippen molar-refractivity contribution in [3.05, 3.63) is 29.8 Å². The largest absolute Gasteiger partial charge is 0.379 e. The molecular formula is C8H7FO4S. The maximum atomic E-state index is 11.5. The van der Waals surface area contributed by atoms with Crippen LogP contribution in [0.25, 0.3) is 0 Å². The van der Waals surface area contributed by atoms with Crippen LogP contribution in [0.4, 0.5) is 4.53 Å². The van der Waals surface area contributed by atoms with Crippen molar-refractivity contribution in [2.24, 2.45) is 0 Å². The van der Waals surface area contributed by atoms with Crippen molar-refractivity contribution in [1.29, 1.82) is 0 Å². The van der Waals surface area contributed by atoms with Gasteiger partial charge in [-0.1, -0.05) is 6.07 Å². The molecule has 0 unspecified atom stereocenters. The molecule has 76 valence electrons. The smallest absolute Gasteiger partial charge is 0.249 e. The van der Waals surface area contributed by atoms with Crippen LogP contribution in [0.5, 0.6) is 0 Å². The number of rotatable bonds is 2. The molecule has 0 aliphatic carbocycles. The Morgan fingerprint density at radius 3 is 2.57 bits per heavy atom. The van der Waals surface area contributed by atoms with E-state index in [1.165, 1.54) is 18.2 Å². The Balaban J connectivity index is 3.21. The summed E-state index contributed by atoms with van der Waals surface area (Å²) in [5, 5.41) is 0. The molecule has 0 N–H and O–H groups in total. The van der Waals surface area contributed by atoms with Crippen LogP contribution in [-0.4, -0.2) is 20.6 Å². The van der Waals surface area contributed by atoms with Crippen molar-refractivity contribution in [3.8, 4) is 0 Å². The van der Waals surface area contributed by atoms with Crippen LogP contribution < -0.4 is 0 Å². The summed E-state index contributed by atoms with van der Waals surface area (Å²) < 4.78 is 33.6. The van der Waals surface area contributed by atoms with Crippen molar-refractivity contribution in [2.45, 2.75) is 4.90 Å². The van der Waals surface area contributed by atoms with E-state index in [1.54, 1.807) is 0 Å². The zero-order valence-corrected chi connectivity index (χ0v) is 8.05. The SMILES string of the molecule is CS(=O)(=O)c1cccc(C(=O)OF)c1. The molecule has 1 rings (SSSR count). The molecule has 1 aromatic rings. The molecule has 14 heavy (non-hydrogen) atoms. The molecule has 0 amide bonds. The highest BCUT2D eigenvalue weighted by Crippen LogP contribution is 2.12. The molecule has 0 aliphatic heterocycles. The standard InChI is InChI=1S/C8H7FO4S/c1-14(11,12)7-4-2-3-6(5-7)8(10)13-9/h2-5H,1H3. The average Bonchev–Trinajstić information content (AvgIpc) is 2.15. The lowest BCUT2D eigenvalue weighted by Crippen LogP contribution is -2.02. The number of halogens is 1. The third-order valence-electron chi connectivity index (χ3n) is 1.57. The number of carbonyl (C=O) groups is 1. The molecule has 0 spiro atoms. The molecule has 4 nitrogen and oxygen atoms in total. The summed E-state index contributed by atoms with van der Waals surface area (Å²) in [6.45, 7) is 0. The topological polar surface area (TPSA) is 60.4 Å². The van der Waals surface area contributed by atoms with E-state index in [0.29, 0.717) is 0 Å².